The Hall–Kier alpha value is -2.57. The highest BCUT2D eigenvalue weighted by atomic mass is 35.5. The molecule has 0 saturated heterocycles. The number of rotatable bonds is 3. The van der Waals surface area contributed by atoms with Gasteiger partial charge < -0.3 is 5.73 Å². The molecule has 0 fully saturated rings. The van der Waals surface area contributed by atoms with Crippen LogP contribution in [0.15, 0.2) is 23.3 Å². The van der Waals surface area contributed by atoms with Crippen molar-refractivity contribution in [2.24, 2.45) is 10.8 Å². The van der Waals surface area contributed by atoms with E-state index in [4.69, 9.17) is 33.3 Å². The molecule has 0 atom stereocenters. The minimum atomic E-state index is -0.458. The maximum Gasteiger partial charge on any atom is 0.201 e. The molecule has 17 heavy (non-hydrogen) atoms. The Labute approximate surface area is 102 Å². The normalized spacial score (nSPS) is 10.2. The molecule has 6 nitrogen and oxygen atoms in total. The van der Waals surface area contributed by atoms with E-state index in [1.165, 1.54) is 0 Å². The number of hydrogen-bond acceptors (Lipinski definition) is 5. The van der Waals surface area contributed by atoms with Gasteiger partial charge in [-0.3, -0.25) is 10.8 Å². The monoisotopic (exact) mass is 246 g/mol. The summed E-state index contributed by atoms with van der Waals surface area (Å²) in [5.74, 6) is -0.458. The van der Waals surface area contributed by atoms with Gasteiger partial charge in [-0.2, -0.15) is 15.6 Å². The zero-order valence-corrected chi connectivity index (χ0v) is 9.28. The molecule has 4 N–H and O–H groups in total. The van der Waals surface area contributed by atoms with Crippen LogP contribution in [0.5, 0.6) is 0 Å². The highest BCUT2D eigenvalue weighted by molar-refractivity contribution is 6.45. The second-order valence-corrected chi connectivity index (χ2v) is 3.28. The topological polar surface area (TPSA) is 122 Å². The van der Waals surface area contributed by atoms with E-state index >= 15 is 0 Å². The molecule has 1 aromatic carbocycles. The van der Waals surface area contributed by atoms with E-state index in [0.717, 1.165) is 0 Å². The number of hydrogen-bond donors (Lipinski definition) is 3. The van der Waals surface area contributed by atoms with E-state index in [2.05, 4.69) is 10.5 Å². The summed E-state index contributed by atoms with van der Waals surface area (Å²) in [6, 6.07) is 8.31. The molecule has 0 unspecified atom stereocenters. The van der Waals surface area contributed by atoms with Crippen LogP contribution in [0.3, 0.4) is 0 Å². The molecule has 0 aliphatic heterocycles. The molecule has 0 aliphatic rings. The predicted molar refractivity (Wildman–Crippen MR) is 64.8 cm³/mol. The van der Waals surface area contributed by atoms with Crippen molar-refractivity contribution < 1.29 is 0 Å². The fourth-order valence-electron chi connectivity index (χ4n) is 0.993. The second kappa shape index (κ2) is 5.50. The molecule has 1 aromatic rings. The Morgan fingerprint density at radius 2 is 2.18 bits per heavy atom. The minimum Gasteiger partial charge on any atom is -0.382 e. The van der Waals surface area contributed by atoms with Gasteiger partial charge in [0.1, 0.15) is 12.1 Å². The van der Waals surface area contributed by atoms with Gasteiger partial charge in [0.05, 0.1) is 16.3 Å². The van der Waals surface area contributed by atoms with Crippen molar-refractivity contribution in [3.05, 3.63) is 28.8 Å². The van der Waals surface area contributed by atoms with Gasteiger partial charge in [-0.15, -0.1) is 0 Å². The standard InChI is InChI=1S/C10H7ClN6/c11-7-2-1-3-8(6(7)4-12)16-17-9(5-13)10(14)15/h1-3,16H,(H3,14,15)/b17-9+. The number of nitrogens with one attached hydrogen (secondary N) is 2. The highest BCUT2D eigenvalue weighted by Crippen LogP contribution is 2.23. The average molecular weight is 247 g/mol. The van der Waals surface area contributed by atoms with Gasteiger partial charge in [0, 0.05) is 0 Å². The van der Waals surface area contributed by atoms with Gasteiger partial charge >= 0.3 is 0 Å². The molecule has 0 spiro atoms. The average Bonchev–Trinajstić information content (AvgIpc) is 2.29. The largest absolute Gasteiger partial charge is 0.382 e. The maximum atomic E-state index is 8.88. The molecular weight excluding hydrogens is 240 g/mol. The van der Waals surface area contributed by atoms with Crippen LogP contribution in [0.1, 0.15) is 5.56 Å². The second-order valence-electron chi connectivity index (χ2n) is 2.87. The van der Waals surface area contributed by atoms with Gasteiger partial charge in [-0.25, -0.2) is 0 Å². The number of nitriles is 2. The Balaban J connectivity index is 3.06. The molecule has 0 aromatic heterocycles. The van der Waals surface area contributed by atoms with Crippen molar-refractivity contribution in [1.82, 2.24) is 0 Å². The van der Waals surface area contributed by atoms with Crippen molar-refractivity contribution in [2.45, 2.75) is 0 Å². The van der Waals surface area contributed by atoms with Crippen molar-refractivity contribution in [3.63, 3.8) is 0 Å². The molecular formula is C10H7ClN6. The van der Waals surface area contributed by atoms with Gasteiger partial charge in [0.15, 0.2) is 5.84 Å². The van der Waals surface area contributed by atoms with E-state index in [9.17, 15) is 0 Å². The number of anilines is 1. The van der Waals surface area contributed by atoms with E-state index < -0.39 is 5.84 Å². The molecule has 0 saturated carbocycles. The summed E-state index contributed by atoms with van der Waals surface area (Å²) in [5.41, 5.74) is 7.87. The summed E-state index contributed by atoms with van der Waals surface area (Å²) < 4.78 is 0. The summed E-state index contributed by atoms with van der Waals surface area (Å²) in [6.07, 6.45) is 0. The summed E-state index contributed by atoms with van der Waals surface area (Å²) >= 11 is 5.80. The molecule has 0 radical (unpaired) electrons. The predicted octanol–water partition coefficient (Wildman–Crippen LogP) is 1.44. The Kier molecular flexibility index (Phi) is 4.04. The number of hydrazone groups is 1. The first-order chi connectivity index (χ1) is 8.10. The summed E-state index contributed by atoms with van der Waals surface area (Å²) in [5, 5.41) is 28.4. The van der Waals surface area contributed by atoms with Crippen LogP contribution in [0.2, 0.25) is 5.02 Å². The first kappa shape index (κ1) is 12.5. The van der Waals surface area contributed by atoms with Crippen LogP contribution < -0.4 is 11.2 Å². The zero-order chi connectivity index (χ0) is 12.8. The van der Waals surface area contributed by atoms with Crippen LogP contribution in [-0.4, -0.2) is 11.5 Å². The molecule has 1 rings (SSSR count). The first-order valence-corrected chi connectivity index (χ1v) is 4.74. The van der Waals surface area contributed by atoms with Crippen molar-refractivity contribution in [3.8, 4) is 12.1 Å². The van der Waals surface area contributed by atoms with E-state index in [-0.39, 0.29) is 16.3 Å². The lowest BCUT2D eigenvalue weighted by molar-refractivity contribution is 1.32. The van der Waals surface area contributed by atoms with Crippen LogP contribution in [0.4, 0.5) is 5.69 Å². The number of benzene rings is 1. The van der Waals surface area contributed by atoms with Crippen LogP contribution in [0.25, 0.3) is 0 Å². The van der Waals surface area contributed by atoms with Crippen molar-refractivity contribution >= 4 is 28.8 Å². The smallest absolute Gasteiger partial charge is 0.201 e. The van der Waals surface area contributed by atoms with Crippen LogP contribution >= 0.6 is 11.6 Å². The SMILES string of the molecule is N#C/C(=N\Nc1cccc(Cl)c1C#N)C(=N)N. The van der Waals surface area contributed by atoms with Crippen LogP contribution in [-0.2, 0) is 0 Å². The molecule has 0 amide bonds. The third-order valence-electron chi connectivity index (χ3n) is 1.77. The number of nitrogens with two attached hydrogens (primary N) is 1. The summed E-state index contributed by atoms with van der Waals surface area (Å²) in [6.45, 7) is 0. The number of amidine groups is 1. The van der Waals surface area contributed by atoms with Crippen LogP contribution in [0, 0.1) is 28.1 Å². The molecule has 84 valence electrons. The quantitative estimate of drug-likeness (QED) is 0.424. The lowest BCUT2D eigenvalue weighted by atomic mass is 10.2. The highest BCUT2D eigenvalue weighted by Gasteiger charge is 2.06. The third-order valence-corrected chi connectivity index (χ3v) is 2.09. The summed E-state index contributed by atoms with van der Waals surface area (Å²) in [4.78, 5) is 0. The number of halogens is 1. The third kappa shape index (κ3) is 2.94. The van der Waals surface area contributed by atoms with E-state index in [1.807, 2.05) is 6.07 Å². The molecule has 0 bridgehead atoms. The maximum absolute atomic E-state index is 8.88. The fraction of sp³-hybridized carbons (Fsp3) is 0. The molecule has 7 heteroatoms. The molecule has 0 aliphatic carbocycles. The Bertz CT molecular complexity index is 563. The van der Waals surface area contributed by atoms with Gasteiger partial charge in [0.2, 0.25) is 5.71 Å². The minimum absolute atomic E-state index is 0.207. The van der Waals surface area contributed by atoms with E-state index in [1.54, 1.807) is 24.3 Å². The molecule has 0 heterocycles. The zero-order valence-electron chi connectivity index (χ0n) is 8.53. The van der Waals surface area contributed by atoms with Crippen molar-refractivity contribution in [1.29, 1.82) is 15.9 Å². The van der Waals surface area contributed by atoms with Crippen molar-refractivity contribution in [2.75, 3.05) is 5.43 Å². The lowest BCUT2D eigenvalue weighted by Crippen LogP contribution is -2.21. The fourth-order valence-corrected chi connectivity index (χ4v) is 1.21. The van der Waals surface area contributed by atoms with Gasteiger partial charge in [-0.05, 0) is 12.1 Å². The summed E-state index contributed by atoms with van der Waals surface area (Å²) in [7, 11) is 0. The Morgan fingerprint density at radius 3 is 2.71 bits per heavy atom. The van der Waals surface area contributed by atoms with E-state index in [0.29, 0.717) is 5.69 Å². The van der Waals surface area contributed by atoms with Gasteiger partial charge in [0.25, 0.3) is 0 Å². The Morgan fingerprint density at radius 1 is 1.47 bits per heavy atom. The number of nitrogens with zero attached hydrogens (tertiary/aromatic N) is 3. The lowest BCUT2D eigenvalue weighted by Gasteiger charge is -2.04. The van der Waals surface area contributed by atoms with Gasteiger partial charge in [-0.1, -0.05) is 17.7 Å². The first-order valence-electron chi connectivity index (χ1n) is 4.37.